The van der Waals surface area contributed by atoms with Crippen molar-refractivity contribution >= 4 is 0 Å². The molecule has 0 unspecified atom stereocenters. The molecular weight excluding hydrogens is 189 g/mol. The van der Waals surface area contributed by atoms with Crippen LogP contribution in [0.4, 0.5) is 4.39 Å². The van der Waals surface area contributed by atoms with Gasteiger partial charge >= 0.3 is 0 Å². The second kappa shape index (κ2) is 5.26. The van der Waals surface area contributed by atoms with Crippen LogP contribution in [0, 0.1) is 5.92 Å². The average molecular weight is 207 g/mol. The molecule has 0 aromatic heterocycles. The van der Waals surface area contributed by atoms with Crippen LogP contribution in [0.3, 0.4) is 0 Å². The molecule has 0 saturated carbocycles. The highest BCUT2D eigenvalue weighted by molar-refractivity contribution is 5.22. The highest BCUT2D eigenvalue weighted by atomic mass is 19.1. The first kappa shape index (κ1) is 10.6. The Morgan fingerprint density at radius 1 is 1.07 bits per heavy atom. The summed E-state index contributed by atoms with van der Waals surface area (Å²) in [7, 11) is 0. The Hall–Kier alpha value is -0.890. The number of benzene rings is 1. The van der Waals surface area contributed by atoms with Crippen LogP contribution in [0.2, 0.25) is 0 Å². The fourth-order valence-corrected chi connectivity index (χ4v) is 2.18. The zero-order chi connectivity index (χ0) is 10.5. The second-order valence-corrected chi connectivity index (χ2v) is 4.35. The third kappa shape index (κ3) is 3.03. The molecule has 1 aliphatic heterocycles. The molecule has 15 heavy (non-hydrogen) atoms. The van der Waals surface area contributed by atoms with Gasteiger partial charge in [0.2, 0.25) is 0 Å². The van der Waals surface area contributed by atoms with Crippen molar-refractivity contribution in [3.05, 3.63) is 35.4 Å². The van der Waals surface area contributed by atoms with Gasteiger partial charge in [-0.3, -0.25) is 0 Å². The van der Waals surface area contributed by atoms with Gasteiger partial charge < -0.3 is 5.32 Å². The minimum Gasteiger partial charge on any atom is -0.317 e. The van der Waals surface area contributed by atoms with Crippen molar-refractivity contribution in [2.75, 3.05) is 13.1 Å². The van der Waals surface area contributed by atoms with E-state index in [4.69, 9.17) is 0 Å². The minimum absolute atomic E-state index is 0.354. The quantitative estimate of drug-likeness (QED) is 0.803. The summed E-state index contributed by atoms with van der Waals surface area (Å²) in [6.07, 6.45) is 3.68. The maximum absolute atomic E-state index is 12.3. The molecule has 0 radical (unpaired) electrons. The van der Waals surface area contributed by atoms with E-state index in [9.17, 15) is 4.39 Å². The number of rotatable bonds is 3. The Labute approximate surface area is 90.7 Å². The van der Waals surface area contributed by atoms with Crippen molar-refractivity contribution in [2.24, 2.45) is 5.92 Å². The minimum atomic E-state index is -0.354. The molecule has 1 aromatic carbocycles. The van der Waals surface area contributed by atoms with Gasteiger partial charge in [-0.05, 0) is 49.4 Å². The normalized spacial score (nSPS) is 17.9. The first-order chi connectivity index (χ1) is 7.38. The van der Waals surface area contributed by atoms with Crippen LogP contribution in [0.1, 0.15) is 24.0 Å². The van der Waals surface area contributed by atoms with Crippen LogP contribution in [-0.2, 0) is 13.1 Å². The Morgan fingerprint density at radius 3 is 2.27 bits per heavy atom. The summed E-state index contributed by atoms with van der Waals surface area (Å²) >= 11 is 0. The lowest BCUT2D eigenvalue weighted by atomic mass is 9.91. The summed E-state index contributed by atoms with van der Waals surface area (Å²) in [6, 6.07) is 7.93. The third-order valence-electron chi connectivity index (χ3n) is 3.16. The van der Waals surface area contributed by atoms with E-state index in [-0.39, 0.29) is 6.67 Å². The van der Waals surface area contributed by atoms with Crippen LogP contribution in [0.25, 0.3) is 0 Å². The molecule has 0 amide bonds. The van der Waals surface area contributed by atoms with E-state index in [1.807, 2.05) is 12.1 Å². The van der Waals surface area contributed by atoms with Gasteiger partial charge in [0, 0.05) is 0 Å². The zero-order valence-corrected chi connectivity index (χ0v) is 9.01. The third-order valence-corrected chi connectivity index (χ3v) is 3.16. The molecule has 1 heterocycles. The predicted molar refractivity (Wildman–Crippen MR) is 60.6 cm³/mol. The molecule has 1 saturated heterocycles. The molecule has 0 atom stereocenters. The van der Waals surface area contributed by atoms with Gasteiger partial charge in [0.05, 0.1) is 0 Å². The standard InChI is InChI=1S/C13H18FN/c14-10-13-3-1-11(2-4-13)9-12-5-7-15-8-6-12/h1-4,12,15H,5-10H2. The Bertz CT molecular complexity index is 288. The molecular formula is C13H18FN. The van der Waals surface area contributed by atoms with Crippen molar-refractivity contribution in [2.45, 2.75) is 25.9 Å². The lowest BCUT2D eigenvalue weighted by molar-refractivity contribution is 0.372. The molecule has 0 bridgehead atoms. The fraction of sp³-hybridized carbons (Fsp3) is 0.538. The first-order valence-corrected chi connectivity index (χ1v) is 5.73. The van der Waals surface area contributed by atoms with Gasteiger partial charge in [0.25, 0.3) is 0 Å². The second-order valence-electron chi connectivity index (χ2n) is 4.35. The van der Waals surface area contributed by atoms with E-state index in [2.05, 4.69) is 17.4 Å². The van der Waals surface area contributed by atoms with Crippen molar-refractivity contribution in [3.8, 4) is 0 Å². The maximum atomic E-state index is 12.3. The number of halogens is 1. The molecule has 82 valence electrons. The first-order valence-electron chi connectivity index (χ1n) is 5.73. The number of hydrogen-bond acceptors (Lipinski definition) is 1. The number of piperidine rings is 1. The summed E-state index contributed by atoms with van der Waals surface area (Å²) in [5, 5.41) is 3.37. The molecule has 1 nitrogen and oxygen atoms in total. The highest BCUT2D eigenvalue weighted by Crippen LogP contribution is 2.18. The van der Waals surface area contributed by atoms with E-state index in [1.165, 1.54) is 18.4 Å². The molecule has 0 spiro atoms. The summed E-state index contributed by atoms with van der Waals surface area (Å²) in [5.41, 5.74) is 2.13. The van der Waals surface area contributed by atoms with Gasteiger partial charge in [0.15, 0.2) is 0 Å². The fourth-order valence-electron chi connectivity index (χ4n) is 2.18. The number of alkyl halides is 1. The Balaban J connectivity index is 1.91. The van der Waals surface area contributed by atoms with Crippen LogP contribution < -0.4 is 5.32 Å². The van der Waals surface area contributed by atoms with E-state index >= 15 is 0 Å². The van der Waals surface area contributed by atoms with E-state index in [0.717, 1.165) is 31.0 Å². The van der Waals surface area contributed by atoms with Crippen molar-refractivity contribution in [3.63, 3.8) is 0 Å². The average Bonchev–Trinajstić information content (AvgIpc) is 2.31. The summed E-state index contributed by atoms with van der Waals surface area (Å²) in [4.78, 5) is 0. The lowest BCUT2D eigenvalue weighted by Crippen LogP contribution is -2.28. The Morgan fingerprint density at radius 2 is 1.67 bits per heavy atom. The summed E-state index contributed by atoms with van der Waals surface area (Å²) in [6.45, 7) is 1.94. The molecule has 1 aromatic rings. The van der Waals surface area contributed by atoms with E-state index < -0.39 is 0 Å². The largest absolute Gasteiger partial charge is 0.317 e. The van der Waals surface area contributed by atoms with Gasteiger partial charge in [-0.25, -0.2) is 4.39 Å². The molecule has 1 fully saturated rings. The molecule has 0 aliphatic carbocycles. The van der Waals surface area contributed by atoms with E-state index in [0.29, 0.717) is 0 Å². The summed E-state index contributed by atoms with van der Waals surface area (Å²) in [5.74, 6) is 0.808. The van der Waals surface area contributed by atoms with Crippen molar-refractivity contribution < 1.29 is 4.39 Å². The maximum Gasteiger partial charge on any atom is 0.115 e. The smallest absolute Gasteiger partial charge is 0.115 e. The monoisotopic (exact) mass is 207 g/mol. The number of nitrogens with one attached hydrogen (secondary N) is 1. The lowest BCUT2D eigenvalue weighted by Gasteiger charge is -2.22. The molecule has 2 rings (SSSR count). The van der Waals surface area contributed by atoms with Gasteiger partial charge in [0.1, 0.15) is 6.67 Å². The van der Waals surface area contributed by atoms with E-state index in [1.54, 1.807) is 0 Å². The SMILES string of the molecule is FCc1ccc(CC2CCNCC2)cc1. The van der Waals surface area contributed by atoms with Crippen LogP contribution in [0.5, 0.6) is 0 Å². The summed E-state index contributed by atoms with van der Waals surface area (Å²) < 4.78 is 12.3. The molecule has 1 aliphatic rings. The van der Waals surface area contributed by atoms with Crippen LogP contribution >= 0.6 is 0 Å². The molecule has 1 N–H and O–H groups in total. The van der Waals surface area contributed by atoms with Gasteiger partial charge in [-0.2, -0.15) is 0 Å². The van der Waals surface area contributed by atoms with Gasteiger partial charge in [-0.15, -0.1) is 0 Å². The highest BCUT2D eigenvalue weighted by Gasteiger charge is 2.13. The van der Waals surface area contributed by atoms with Crippen molar-refractivity contribution in [1.29, 1.82) is 0 Å². The topological polar surface area (TPSA) is 12.0 Å². The van der Waals surface area contributed by atoms with Gasteiger partial charge in [-0.1, -0.05) is 24.3 Å². The predicted octanol–water partition coefficient (Wildman–Crippen LogP) is 2.70. The van der Waals surface area contributed by atoms with Crippen molar-refractivity contribution in [1.82, 2.24) is 5.32 Å². The van der Waals surface area contributed by atoms with Crippen LogP contribution in [0.15, 0.2) is 24.3 Å². The molecule has 2 heteroatoms. The number of hydrogen-bond donors (Lipinski definition) is 1. The zero-order valence-electron chi connectivity index (χ0n) is 9.01. The Kier molecular flexibility index (Phi) is 3.73. The van der Waals surface area contributed by atoms with Crippen LogP contribution in [-0.4, -0.2) is 13.1 Å².